The van der Waals surface area contributed by atoms with Crippen LogP contribution < -0.4 is 0 Å². The van der Waals surface area contributed by atoms with E-state index in [0.29, 0.717) is 0 Å². The summed E-state index contributed by atoms with van der Waals surface area (Å²) in [5, 5.41) is 7.57. The van der Waals surface area contributed by atoms with Crippen molar-refractivity contribution in [3.8, 4) is 0 Å². The maximum absolute atomic E-state index is 7.57. The topological polar surface area (TPSA) is 20.2 Å². The van der Waals surface area contributed by atoms with Crippen LogP contribution in [0.2, 0.25) is 0 Å². The van der Waals surface area contributed by atoms with Crippen LogP contribution in [0.15, 0.2) is 0 Å². The zero-order valence-electron chi connectivity index (χ0n) is 3.79. The summed E-state index contributed by atoms with van der Waals surface area (Å²) in [6, 6.07) is 0. The summed E-state index contributed by atoms with van der Waals surface area (Å²) >= 11 is 4.01. The number of aliphatic hydroxyl groups is 1. The molecule has 0 atom stereocenters. The molecule has 0 aromatic heterocycles. The minimum atomic E-state index is 0.250. The van der Waals surface area contributed by atoms with E-state index in [9.17, 15) is 0 Å². The monoisotopic (exact) mass is 306 g/mol. The molecule has 0 aromatic carbocycles. The van der Waals surface area contributed by atoms with Crippen molar-refractivity contribution >= 4 is 17.0 Å². The van der Waals surface area contributed by atoms with Crippen molar-refractivity contribution in [3.05, 3.63) is 0 Å². The molecule has 1 N–H and O–H groups in total. The Morgan fingerprint density at radius 2 is 1.57 bits per heavy atom. The van der Waals surface area contributed by atoms with Gasteiger partial charge in [0.25, 0.3) is 0 Å². The molecule has 1 nitrogen and oxygen atoms in total. The van der Waals surface area contributed by atoms with Crippen LogP contribution >= 0.6 is 17.0 Å². The van der Waals surface area contributed by atoms with Crippen LogP contribution in [0.3, 0.4) is 0 Å². The molecule has 5 heteroatoms. The molecule has 0 heterocycles. The Hall–Kier alpha value is 2.04. The Labute approximate surface area is 72.0 Å². The number of hydrogen-bond acceptors (Lipinski definition) is 3. The fourth-order valence-electron chi connectivity index (χ4n) is 0. The first-order valence-corrected chi connectivity index (χ1v) is 8.44. The molecule has 0 aliphatic heterocycles. The molecule has 0 unspecified atom stereocenters. The molecule has 0 aromatic rings. The second-order valence-corrected chi connectivity index (χ2v) is 7.56. The first-order valence-electron chi connectivity index (χ1n) is 1.52. The summed E-state index contributed by atoms with van der Waals surface area (Å²) < 4.78 is 0. The van der Waals surface area contributed by atoms with Gasteiger partial charge in [0.05, 0.1) is 0 Å². The van der Waals surface area contributed by atoms with Gasteiger partial charge in [-0.05, 0) is 6.92 Å². The molecule has 7 heavy (non-hydrogen) atoms. The van der Waals surface area contributed by atoms with Gasteiger partial charge in [0.1, 0.15) is 0 Å². The van der Waals surface area contributed by atoms with Gasteiger partial charge in [-0.2, -0.15) is 0 Å². The molecule has 0 fully saturated rings. The molecule has 0 spiro atoms. The van der Waals surface area contributed by atoms with Crippen LogP contribution in [0.5, 0.6) is 0 Å². The number of rotatable bonds is 1. The molecule has 0 saturated carbocycles. The quantitative estimate of drug-likeness (QED) is 0.582. The molecular weight excluding hydrogens is 296 g/mol. The Morgan fingerprint density at radius 1 is 1.43 bits per heavy atom. The van der Waals surface area contributed by atoms with E-state index in [1.54, 1.807) is 23.9 Å². The normalized spacial score (nSPS) is 6.57. The maximum atomic E-state index is 7.57. The van der Waals surface area contributed by atoms with Gasteiger partial charge in [0, 0.05) is 6.61 Å². The molecule has 44 valence electrons. The Bertz CT molecular complexity index is 21.2. The standard InChI is InChI=1S/C2H6O.2Mo.S2/c1-2-3;;;1-2/h3H,2H2,1H3;;;/q;2*+1;-2. The zero-order valence-corrected chi connectivity index (χ0v) is 9.43. The average molecular weight is 302 g/mol. The van der Waals surface area contributed by atoms with E-state index in [-0.39, 0.29) is 6.61 Å². The summed E-state index contributed by atoms with van der Waals surface area (Å²) in [6.45, 7) is 1.93. The third-order valence-corrected chi connectivity index (χ3v) is 8.75. The van der Waals surface area contributed by atoms with Gasteiger partial charge in [-0.1, -0.05) is 0 Å². The van der Waals surface area contributed by atoms with Crippen LogP contribution in [-0.2, 0) is 37.1 Å². The van der Waals surface area contributed by atoms with Crippen molar-refractivity contribution in [2.75, 3.05) is 6.61 Å². The number of aliphatic hydroxyl groups excluding tert-OH is 1. The van der Waals surface area contributed by atoms with Gasteiger partial charge in [-0.3, -0.25) is 0 Å². The molecular formula is C2H6Mo2OS2. The van der Waals surface area contributed by atoms with Crippen LogP contribution in [0.1, 0.15) is 6.92 Å². The summed E-state index contributed by atoms with van der Waals surface area (Å²) in [6.07, 6.45) is 0. The summed E-state index contributed by atoms with van der Waals surface area (Å²) in [7, 11) is 3.58. The van der Waals surface area contributed by atoms with Crippen molar-refractivity contribution in [3.63, 3.8) is 0 Å². The van der Waals surface area contributed by atoms with Crippen LogP contribution in [-0.4, -0.2) is 11.7 Å². The molecule has 0 saturated heterocycles. The second-order valence-electron chi connectivity index (χ2n) is 0.452. The first kappa shape index (κ1) is 11.8. The summed E-state index contributed by atoms with van der Waals surface area (Å²) in [5.41, 5.74) is 0. The molecule has 0 amide bonds. The van der Waals surface area contributed by atoms with Crippen molar-refractivity contribution < 1.29 is 42.2 Å². The van der Waals surface area contributed by atoms with Crippen LogP contribution in [0, 0.1) is 0 Å². The molecule has 0 rings (SSSR count). The fraction of sp³-hybridized carbons (Fsp3) is 1.00. The van der Waals surface area contributed by atoms with E-state index in [1.165, 1.54) is 0 Å². The van der Waals surface area contributed by atoms with E-state index in [2.05, 4.69) is 0 Å². The van der Waals surface area contributed by atoms with Gasteiger partial charge < -0.3 is 5.11 Å². The Balaban J connectivity index is 0. The van der Waals surface area contributed by atoms with Crippen LogP contribution in [0.25, 0.3) is 0 Å². The third kappa shape index (κ3) is 31.8. The van der Waals surface area contributed by atoms with Gasteiger partial charge in [-0.25, -0.2) is 0 Å². The SMILES string of the molecule is CCO.[Mo][S][S][Mo]. The van der Waals surface area contributed by atoms with E-state index in [4.69, 9.17) is 5.11 Å². The fourth-order valence-corrected chi connectivity index (χ4v) is 0. The van der Waals surface area contributed by atoms with E-state index in [0.717, 1.165) is 0 Å². The predicted octanol–water partition coefficient (Wildman–Crippen LogP) is 1.29. The van der Waals surface area contributed by atoms with Crippen molar-refractivity contribution in [1.29, 1.82) is 0 Å². The first-order chi connectivity index (χ1) is 3.33. The molecule has 0 aliphatic rings. The summed E-state index contributed by atoms with van der Waals surface area (Å²) in [5.74, 6) is 0. The van der Waals surface area contributed by atoms with Gasteiger partial charge in [0.15, 0.2) is 0 Å². The van der Waals surface area contributed by atoms with Gasteiger partial charge in [-0.15, -0.1) is 0 Å². The van der Waals surface area contributed by atoms with E-state index >= 15 is 0 Å². The zero-order chi connectivity index (χ0) is 6.12. The molecule has 0 bridgehead atoms. The molecule has 0 radical (unpaired) electrons. The van der Waals surface area contributed by atoms with Gasteiger partial charge >= 0.3 is 54.1 Å². The van der Waals surface area contributed by atoms with Crippen molar-refractivity contribution in [2.24, 2.45) is 0 Å². The molecule has 0 aliphatic carbocycles. The van der Waals surface area contributed by atoms with Crippen molar-refractivity contribution in [1.82, 2.24) is 0 Å². The van der Waals surface area contributed by atoms with Crippen LogP contribution in [0.4, 0.5) is 0 Å². The van der Waals surface area contributed by atoms with Gasteiger partial charge in [0.2, 0.25) is 0 Å². The minimum absolute atomic E-state index is 0.250. The Kier molecular flexibility index (Phi) is 26.4. The van der Waals surface area contributed by atoms with E-state index < -0.39 is 0 Å². The summed E-state index contributed by atoms with van der Waals surface area (Å²) in [4.78, 5) is 0. The third-order valence-electron chi connectivity index (χ3n) is 0.0278. The average Bonchev–Trinajstić information content (AvgIpc) is 1.69. The predicted molar refractivity (Wildman–Crippen MR) is 27.9 cm³/mol. The Morgan fingerprint density at radius 3 is 1.57 bits per heavy atom. The second kappa shape index (κ2) is 15.7. The van der Waals surface area contributed by atoms with E-state index in [1.807, 2.05) is 37.1 Å². The number of hydrogen-bond donors (Lipinski definition) is 1. The van der Waals surface area contributed by atoms with Crippen molar-refractivity contribution in [2.45, 2.75) is 6.92 Å².